The quantitative estimate of drug-likeness (QED) is 0.189. The number of nitro groups is 1. The molecule has 0 aliphatic rings. The van der Waals surface area contributed by atoms with Gasteiger partial charge in [-0.25, -0.2) is 5.43 Å². The molecule has 0 bridgehead atoms. The number of amides is 2. The molecule has 0 fully saturated rings. The van der Waals surface area contributed by atoms with E-state index in [2.05, 4.69) is 31.8 Å². The SMILES string of the molecule is O=C(NN=Cc1cc([N+](=O)[O-])cc(Br)c1O)/C(=C\c1cccs1)NC(=O)c1ccccc1. The van der Waals surface area contributed by atoms with Gasteiger partial charge in [0.05, 0.1) is 15.6 Å². The average molecular weight is 515 g/mol. The molecule has 1 aromatic heterocycles. The molecule has 0 radical (unpaired) electrons. The minimum Gasteiger partial charge on any atom is -0.506 e. The molecule has 0 saturated heterocycles. The zero-order valence-electron chi connectivity index (χ0n) is 16.2. The van der Waals surface area contributed by atoms with Crippen LogP contribution in [0.3, 0.4) is 0 Å². The first-order valence-electron chi connectivity index (χ1n) is 8.97. The first-order chi connectivity index (χ1) is 15.3. The van der Waals surface area contributed by atoms with E-state index in [1.165, 1.54) is 17.4 Å². The summed E-state index contributed by atoms with van der Waals surface area (Å²) >= 11 is 4.40. The van der Waals surface area contributed by atoms with Crippen LogP contribution in [-0.2, 0) is 4.79 Å². The number of benzene rings is 2. The second kappa shape index (κ2) is 10.5. The molecule has 0 spiro atoms. The van der Waals surface area contributed by atoms with Crippen molar-refractivity contribution in [1.29, 1.82) is 0 Å². The summed E-state index contributed by atoms with van der Waals surface area (Å²) < 4.78 is 0.105. The number of carbonyl (C=O) groups is 2. The van der Waals surface area contributed by atoms with Crippen LogP contribution in [0.4, 0.5) is 5.69 Å². The van der Waals surface area contributed by atoms with E-state index >= 15 is 0 Å². The van der Waals surface area contributed by atoms with Gasteiger partial charge in [-0.15, -0.1) is 11.3 Å². The molecular formula is C21H15BrN4O5S. The molecular weight excluding hydrogens is 500 g/mol. The number of phenols is 1. The Bertz CT molecular complexity index is 1210. The van der Waals surface area contributed by atoms with E-state index in [9.17, 15) is 24.8 Å². The van der Waals surface area contributed by atoms with Gasteiger partial charge in [0, 0.05) is 28.1 Å². The Kier molecular flexibility index (Phi) is 7.47. The second-order valence-corrected chi connectivity index (χ2v) is 8.05. The zero-order valence-corrected chi connectivity index (χ0v) is 18.6. The second-order valence-electron chi connectivity index (χ2n) is 6.22. The van der Waals surface area contributed by atoms with Gasteiger partial charge in [-0.2, -0.15) is 5.10 Å². The van der Waals surface area contributed by atoms with Crippen molar-refractivity contribution in [2.24, 2.45) is 5.10 Å². The Labute approximate surface area is 194 Å². The molecule has 0 atom stereocenters. The smallest absolute Gasteiger partial charge is 0.287 e. The predicted octanol–water partition coefficient (Wildman–Crippen LogP) is 4.05. The van der Waals surface area contributed by atoms with E-state index in [1.54, 1.807) is 42.5 Å². The van der Waals surface area contributed by atoms with E-state index in [0.717, 1.165) is 23.2 Å². The van der Waals surface area contributed by atoms with E-state index in [-0.39, 0.29) is 27.2 Å². The highest BCUT2D eigenvalue weighted by Gasteiger charge is 2.16. The van der Waals surface area contributed by atoms with Crippen molar-refractivity contribution in [3.05, 3.63) is 96.3 Å². The molecule has 0 unspecified atom stereocenters. The fourth-order valence-corrected chi connectivity index (χ4v) is 3.61. The molecule has 3 N–H and O–H groups in total. The van der Waals surface area contributed by atoms with Crippen molar-refractivity contribution in [3.63, 3.8) is 0 Å². The molecule has 9 nitrogen and oxygen atoms in total. The van der Waals surface area contributed by atoms with Gasteiger partial charge < -0.3 is 10.4 Å². The molecule has 32 heavy (non-hydrogen) atoms. The Morgan fingerprint density at radius 3 is 2.56 bits per heavy atom. The van der Waals surface area contributed by atoms with Gasteiger partial charge in [-0.3, -0.25) is 19.7 Å². The summed E-state index contributed by atoms with van der Waals surface area (Å²) in [5, 5.41) is 29.2. The number of aromatic hydroxyl groups is 1. The Morgan fingerprint density at radius 2 is 1.91 bits per heavy atom. The summed E-state index contributed by atoms with van der Waals surface area (Å²) in [7, 11) is 0. The summed E-state index contributed by atoms with van der Waals surface area (Å²) in [6.07, 6.45) is 2.56. The maximum absolute atomic E-state index is 12.7. The van der Waals surface area contributed by atoms with Crippen molar-refractivity contribution in [3.8, 4) is 5.75 Å². The van der Waals surface area contributed by atoms with Crippen LogP contribution in [0.5, 0.6) is 5.75 Å². The first-order valence-corrected chi connectivity index (χ1v) is 10.6. The van der Waals surface area contributed by atoms with Crippen LogP contribution >= 0.6 is 27.3 Å². The number of non-ortho nitro benzene ring substituents is 1. The van der Waals surface area contributed by atoms with E-state index in [0.29, 0.717) is 5.56 Å². The standard InChI is InChI=1S/C21H15BrN4O5S/c22-17-10-15(26(30)31)9-14(19(17)27)12-23-25-21(29)18(11-16-7-4-8-32-16)24-20(28)13-5-2-1-3-6-13/h1-12,27H,(H,24,28)(H,25,29)/b18-11+,23-12?. The summed E-state index contributed by atoms with van der Waals surface area (Å²) in [4.78, 5) is 36.3. The molecule has 11 heteroatoms. The lowest BCUT2D eigenvalue weighted by Crippen LogP contribution is -2.32. The predicted molar refractivity (Wildman–Crippen MR) is 124 cm³/mol. The highest BCUT2D eigenvalue weighted by atomic mass is 79.9. The third-order valence-electron chi connectivity index (χ3n) is 4.02. The number of thiophene rings is 1. The van der Waals surface area contributed by atoms with Crippen molar-refractivity contribution in [1.82, 2.24) is 10.7 Å². The topological polar surface area (TPSA) is 134 Å². The lowest BCUT2D eigenvalue weighted by Gasteiger charge is -2.09. The van der Waals surface area contributed by atoms with Crippen molar-refractivity contribution in [2.45, 2.75) is 0 Å². The van der Waals surface area contributed by atoms with Gasteiger partial charge in [0.25, 0.3) is 17.5 Å². The van der Waals surface area contributed by atoms with Crippen LogP contribution in [0.1, 0.15) is 20.8 Å². The molecule has 2 aromatic carbocycles. The third kappa shape index (κ3) is 5.86. The fourth-order valence-electron chi connectivity index (χ4n) is 2.49. The monoisotopic (exact) mass is 514 g/mol. The van der Waals surface area contributed by atoms with E-state index in [4.69, 9.17) is 0 Å². The van der Waals surface area contributed by atoms with Crippen molar-refractivity contribution in [2.75, 3.05) is 0 Å². The van der Waals surface area contributed by atoms with Crippen LogP contribution < -0.4 is 10.7 Å². The van der Waals surface area contributed by atoms with Crippen LogP contribution in [0.25, 0.3) is 6.08 Å². The zero-order chi connectivity index (χ0) is 23.1. The Hall–Kier alpha value is -3.83. The number of hydrogen-bond donors (Lipinski definition) is 3. The maximum Gasteiger partial charge on any atom is 0.287 e. The minimum atomic E-state index is -0.720. The lowest BCUT2D eigenvalue weighted by atomic mass is 10.2. The van der Waals surface area contributed by atoms with E-state index < -0.39 is 16.7 Å². The highest BCUT2D eigenvalue weighted by molar-refractivity contribution is 9.10. The third-order valence-corrected chi connectivity index (χ3v) is 5.44. The summed E-state index contributed by atoms with van der Waals surface area (Å²) in [6, 6.07) is 14.2. The maximum atomic E-state index is 12.7. The number of hydrazone groups is 1. The normalized spacial score (nSPS) is 11.3. The van der Waals surface area contributed by atoms with Crippen LogP contribution in [0.15, 0.2) is 75.2 Å². The van der Waals surface area contributed by atoms with Gasteiger partial charge in [-0.1, -0.05) is 24.3 Å². The van der Waals surface area contributed by atoms with Gasteiger partial charge in [0.1, 0.15) is 11.4 Å². The van der Waals surface area contributed by atoms with Crippen LogP contribution in [0, 0.1) is 10.1 Å². The molecule has 162 valence electrons. The number of carbonyl (C=O) groups excluding carboxylic acids is 2. The number of rotatable bonds is 7. The largest absolute Gasteiger partial charge is 0.506 e. The number of nitro benzene ring substituents is 1. The molecule has 0 aliphatic heterocycles. The van der Waals surface area contributed by atoms with Crippen LogP contribution in [0.2, 0.25) is 0 Å². The molecule has 0 saturated carbocycles. The van der Waals surface area contributed by atoms with E-state index in [1.807, 2.05) is 5.38 Å². The molecule has 2 amide bonds. The van der Waals surface area contributed by atoms with Crippen LogP contribution in [-0.4, -0.2) is 28.1 Å². The molecule has 3 aromatic rings. The Morgan fingerprint density at radius 1 is 1.16 bits per heavy atom. The first kappa shape index (κ1) is 22.8. The summed E-state index contributed by atoms with van der Waals surface area (Å²) in [5.41, 5.74) is 2.32. The van der Waals surface area contributed by atoms with Crippen molar-refractivity contribution < 1.29 is 19.6 Å². The fraction of sp³-hybridized carbons (Fsp3) is 0. The number of phenolic OH excluding ortho intramolecular Hbond substituents is 1. The van der Waals surface area contributed by atoms with Gasteiger partial charge >= 0.3 is 0 Å². The lowest BCUT2D eigenvalue weighted by molar-refractivity contribution is -0.385. The average Bonchev–Trinajstić information content (AvgIpc) is 3.29. The molecule has 0 aliphatic carbocycles. The molecule has 1 heterocycles. The number of hydrogen-bond acceptors (Lipinski definition) is 7. The van der Waals surface area contributed by atoms with Crippen molar-refractivity contribution >= 4 is 57.1 Å². The molecule has 3 rings (SSSR count). The highest BCUT2D eigenvalue weighted by Crippen LogP contribution is 2.31. The van der Waals surface area contributed by atoms with Gasteiger partial charge in [0.15, 0.2) is 0 Å². The number of nitrogens with one attached hydrogen (secondary N) is 2. The van der Waals surface area contributed by atoms with Gasteiger partial charge in [0.2, 0.25) is 0 Å². The number of halogens is 1. The summed E-state index contributed by atoms with van der Waals surface area (Å²) in [5.74, 6) is -1.48. The summed E-state index contributed by atoms with van der Waals surface area (Å²) in [6.45, 7) is 0. The minimum absolute atomic E-state index is 0.0171. The van der Waals surface area contributed by atoms with Gasteiger partial charge in [-0.05, 0) is 45.6 Å². The Balaban J connectivity index is 1.80. The number of nitrogens with zero attached hydrogens (tertiary/aromatic N) is 2.